The van der Waals surface area contributed by atoms with E-state index < -0.39 is 0 Å². The van der Waals surface area contributed by atoms with Crippen LogP contribution in [0.1, 0.15) is 25.1 Å². The number of hydrogen-bond donors (Lipinski definition) is 0. The van der Waals surface area contributed by atoms with Gasteiger partial charge in [-0.05, 0) is 41.6 Å². The quantitative estimate of drug-likeness (QED) is 0.637. The Hall–Kier alpha value is -3.12. The summed E-state index contributed by atoms with van der Waals surface area (Å²) in [5.74, 6) is 3.13. The predicted octanol–water partition coefficient (Wildman–Crippen LogP) is 4.84. The lowest BCUT2D eigenvalue weighted by Crippen LogP contribution is -2.31. The minimum Gasteiger partial charge on any atom is -0.454 e. The van der Waals surface area contributed by atoms with Crippen molar-refractivity contribution >= 4 is 16.5 Å². The molecule has 6 nitrogen and oxygen atoms in total. The molecule has 0 saturated carbocycles. The molecule has 148 valence electrons. The minimum absolute atomic E-state index is 0.240. The van der Waals surface area contributed by atoms with Crippen LogP contribution in [-0.4, -0.2) is 27.2 Å². The summed E-state index contributed by atoms with van der Waals surface area (Å²) in [5.41, 5.74) is 4.41. The fraction of sp³-hybridized carbons (Fsp3) is 0.304. The first-order valence-electron chi connectivity index (χ1n) is 9.90. The van der Waals surface area contributed by atoms with Crippen molar-refractivity contribution in [3.05, 3.63) is 42.0 Å². The summed E-state index contributed by atoms with van der Waals surface area (Å²) in [6, 6.07) is 12.5. The summed E-state index contributed by atoms with van der Waals surface area (Å²) in [5, 5.41) is 2.22. The van der Waals surface area contributed by atoms with E-state index in [9.17, 15) is 0 Å². The van der Waals surface area contributed by atoms with Gasteiger partial charge in [-0.3, -0.25) is 0 Å². The molecule has 0 aromatic heterocycles. The van der Waals surface area contributed by atoms with Crippen molar-refractivity contribution in [1.29, 1.82) is 0 Å². The normalized spacial score (nSPS) is 18.1. The number of rotatable bonds is 3. The van der Waals surface area contributed by atoms with Gasteiger partial charge < -0.3 is 28.6 Å². The number of anilines is 1. The zero-order valence-electron chi connectivity index (χ0n) is 16.4. The van der Waals surface area contributed by atoms with E-state index in [1.165, 1.54) is 0 Å². The van der Waals surface area contributed by atoms with Gasteiger partial charge in [0.05, 0.1) is 11.3 Å². The molecule has 29 heavy (non-hydrogen) atoms. The maximum atomic E-state index is 6.33. The van der Waals surface area contributed by atoms with Crippen LogP contribution < -0.4 is 23.8 Å². The van der Waals surface area contributed by atoms with Crippen molar-refractivity contribution in [2.75, 3.05) is 32.1 Å². The number of ether oxygens (including phenoxy) is 5. The molecule has 0 radical (unpaired) electrons. The average Bonchev–Trinajstić information content (AvgIpc) is 3.40. The highest BCUT2D eigenvalue weighted by Crippen LogP contribution is 2.54. The first kappa shape index (κ1) is 16.8. The highest BCUT2D eigenvalue weighted by Gasteiger charge is 2.36. The topological polar surface area (TPSA) is 49.4 Å². The van der Waals surface area contributed by atoms with E-state index in [4.69, 9.17) is 23.7 Å². The summed E-state index contributed by atoms with van der Waals surface area (Å²) in [6.07, 6.45) is 0.678. The molecule has 0 fully saturated rings. The first-order valence-corrected chi connectivity index (χ1v) is 9.90. The standard InChI is InChI=1S/C23H21NO5/c1-3-8-25-23-20-14(6-7-17-22(20)29-12-26-17)15-5-4-13-9-18-19(28-11-27-18)10-16(13)21(15)24(23)2/h4-7,9-10,23H,3,8,11-12H2,1-2H3. The molecule has 0 amide bonds. The van der Waals surface area contributed by atoms with Crippen molar-refractivity contribution in [3.63, 3.8) is 0 Å². The summed E-state index contributed by atoms with van der Waals surface area (Å²) in [6.45, 7) is 3.27. The Labute approximate surface area is 168 Å². The van der Waals surface area contributed by atoms with E-state index in [1.54, 1.807) is 0 Å². The molecule has 3 aromatic carbocycles. The van der Waals surface area contributed by atoms with Gasteiger partial charge in [-0.2, -0.15) is 0 Å². The van der Waals surface area contributed by atoms with Crippen LogP contribution in [0.2, 0.25) is 0 Å². The van der Waals surface area contributed by atoms with Crippen LogP contribution in [0.25, 0.3) is 21.9 Å². The number of hydrogen-bond acceptors (Lipinski definition) is 6. The molecule has 0 spiro atoms. The molecular weight excluding hydrogens is 370 g/mol. The number of nitrogens with zero attached hydrogens (tertiary/aromatic N) is 1. The third-order valence-electron chi connectivity index (χ3n) is 5.78. The van der Waals surface area contributed by atoms with Crippen LogP contribution in [0.15, 0.2) is 36.4 Å². The van der Waals surface area contributed by atoms with E-state index in [-0.39, 0.29) is 19.8 Å². The van der Waals surface area contributed by atoms with Gasteiger partial charge in [0.15, 0.2) is 29.2 Å². The summed E-state index contributed by atoms with van der Waals surface area (Å²) >= 11 is 0. The van der Waals surface area contributed by atoms with E-state index in [0.29, 0.717) is 6.61 Å². The van der Waals surface area contributed by atoms with Crippen LogP contribution in [0.3, 0.4) is 0 Å². The Morgan fingerprint density at radius 2 is 1.69 bits per heavy atom. The average molecular weight is 391 g/mol. The Morgan fingerprint density at radius 3 is 2.55 bits per heavy atom. The maximum absolute atomic E-state index is 6.33. The van der Waals surface area contributed by atoms with Crippen LogP contribution in [0, 0.1) is 0 Å². The monoisotopic (exact) mass is 391 g/mol. The van der Waals surface area contributed by atoms with Gasteiger partial charge in [0.1, 0.15) is 0 Å². The molecule has 0 N–H and O–H groups in total. The van der Waals surface area contributed by atoms with Crippen LogP contribution in [0.5, 0.6) is 23.0 Å². The summed E-state index contributed by atoms with van der Waals surface area (Å²) in [4.78, 5) is 2.19. The lowest BCUT2D eigenvalue weighted by atomic mass is 9.88. The fourth-order valence-corrected chi connectivity index (χ4v) is 4.50. The van der Waals surface area contributed by atoms with Gasteiger partial charge >= 0.3 is 0 Å². The molecular formula is C23H21NO5. The Kier molecular flexibility index (Phi) is 3.59. The second-order valence-corrected chi connectivity index (χ2v) is 7.48. The lowest BCUT2D eigenvalue weighted by Gasteiger charge is -2.38. The third kappa shape index (κ3) is 2.32. The number of benzene rings is 3. The van der Waals surface area contributed by atoms with Crippen molar-refractivity contribution < 1.29 is 23.7 Å². The summed E-state index contributed by atoms with van der Waals surface area (Å²) < 4.78 is 29.0. The lowest BCUT2D eigenvalue weighted by molar-refractivity contribution is 0.0513. The minimum atomic E-state index is -0.259. The molecule has 0 bridgehead atoms. The molecule has 3 aliphatic rings. The van der Waals surface area contributed by atoms with E-state index >= 15 is 0 Å². The Balaban J connectivity index is 1.63. The van der Waals surface area contributed by atoms with Crippen molar-refractivity contribution in [1.82, 2.24) is 0 Å². The predicted molar refractivity (Wildman–Crippen MR) is 109 cm³/mol. The van der Waals surface area contributed by atoms with Gasteiger partial charge in [0, 0.05) is 24.6 Å². The second kappa shape index (κ2) is 6.19. The zero-order valence-corrected chi connectivity index (χ0v) is 16.4. The van der Waals surface area contributed by atoms with E-state index in [1.807, 2.05) is 12.1 Å². The molecule has 6 heteroatoms. The SMILES string of the molecule is CCCOC1c2c(ccc3c2OCO3)-c2ccc3cc4c(cc3c2N1C)OCO4. The van der Waals surface area contributed by atoms with Crippen LogP contribution in [0.4, 0.5) is 5.69 Å². The van der Waals surface area contributed by atoms with Crippen LogP contribution in [-0.2, 0) is 4.74 Å². The maximum Gasteiger partial charge on any atom is 0.231 e. The molecule has 3 heterocycles. The highest BCUT2D eigenvalue weighted by atomic mass is 16.7. The van der Waals surface area contributed by atoms with Gasteiger partial charge in [0.25, 0.3) is 0 Å². The van der Waals surface area contributed by atoms with Gasteiger partial charge in [-0.15, -0.1) is 0 Å². The molecule has 0 saturated heterocycles. The number of fused-ring (bicyclic) bond motifs is 8. The summed E-state index contributed by atoms with van der Waals surface area (Å²) in [7, 11) is 2.07. The van der Waals surface area contributed by atoms with Crippen molar-refractivity contribution in [2.24, 2.45) is 0 Å². The third-order valence-corrected chi connectivity index (χ3v) is 5.78. The smallest absolute Gasteiger partial charge is 0.231 e. The van der Waals surface area contributed by atoms with Crippen molar-refractivity contribution in [2.45, 2.75) is 19.6 Å². The van der Waals surface area contributed by atoms with E-state index in [2.05, 4.69) is 43.1 Å². The Bertz CT molecular complexity index is 1140. The van der Waals surface area contributed by atoms with Crippen LogP contribution >= 0.6 is 0 Å². The molecule has 6 rings (SSSR count). The molecule has 1 atom stereocenters. The Morgan fingerprint density at radius 1 is 0.931 bits per heavy atom. The zero-order chi connectivity index (χ0) is 19.5. The van der Waals surface area contributed by atoms with Gasteiger partial charge in [0.2, 0.25) is 13.6 Å². The second-order valence-electron chi connectivity index (χ2n) is 7.48. The highest BCUT2D eigenvalue weighted by molar-refractivity contribution is 6.05. The largest absolute Gasteiger partial charge is 0.454 e. The fourth-order valence-electron chi connectivity index (χ4n) is 4.50. The molecule has 3 aliphatic heterocycles. The first-order chi connectivity index (χ1) is 14.3. The molecule has 0 aliphatic carbocycles. The van der Waals surface area contributed by atoms with Gasteiger partial charge in [-0.25, -0.2) is 0 Å². The van der Waals surface area contributed by atoms with E-state index in [0.717, 1.165) is 62.6 Å². The van der Waals surface area contributed by atoms with Gasteiger partial charge in [-0.1, -0.05) is 19.1 Å². The van der Waals surface area contributed by atoms with Crippen molar-refractivity contribution in [3.8, 4) is 34.1 Å². The molecule has 3 aromatic rings. The molecule has 1 unspecified atom stereocenters.